The Morgan fingerprint density at radius 3 is 2.18 bits per heavy atom. The molecule has 2 bridgehead atoms. The number of imide groups is 1. The van der Waals surface area contributed by atoms with E-state index < -0.39 is 5.97 Å². The molecule has 6 heteroatoms. The molecular formula is C27H23NO5. The SMILES string of the molecule is Cc1ccc(C(=O)COC(=O)c2cccc(N3C(=O)[C@@H]4[C@H]5C=C[C@@H]([C@@H]6C[C@@H]56)[C@@H]4C3=O)c2)cc1. The fraction of sp³-hybridized carbons (Fsp3) is 0.333. The van der Waals surface area contributed by atoms with Crippen LogP contribution >= 0.6 is 0 Å². The first-order chi connectivity index (χ1) is 15.9. The molecule has 1 saturated heterocycles. The Hall–Kier alpha value is -3.54. The van der Waals surface area contributed by atoms with Crippen molar-refractivity contribution in [3.05, 3.63) is 77.4 Å². The van der Waals surface area contributed by atoms with E-state index in [0.717, 1.165) is 12.0 Å². The number of nitrogens with zero attached hydrogens (tertiary/aromatic N) is 1. The van der Waals surface area contributed by atoms with Gasteiger partial charge in [0, 0.05) is 5.56 Å². The molecule has 6 atom stereocenters. The first-order valence-electron chi connectivity index (χ1n) is 11.4. The molecule has 4 aliphatic carbocycles. The molecule has 33 heavy (non-hydrogen) atoms. The fourth-order valence-corrected chi connectivity index (χ4v) is 6.02. The van der Waals surface area contributed by atoms with Gasteiger partial charge in [0.15, 0.2) is 12.4 Å². The summed E-state index contributed by atoms with van der Waals surface area (Å²) in [5, 5.41) is 0. The summed E-state index contributed by atoms with van der Waals surface area (Å²) in [5.74, 6) is -0.537. The van der Waals surface area contributed by atoms with Crippen LogP contribution < -0.4 is 4.90 Å². The van der Waals surface area contributed by atoms with Gasteiger partial charge < -0.3 is 4.74 Å². The summed E-state index contributed by atoms with van der Waals surface area (Å²) >= 11 is 0. The van der Waals surface area contributed by atoms with Crippen molar-refractivity contribution < 1.29 is 23.9 Å². The molecule has 0 unspecified atom stereocenters. The largest absolute Gasteiger partial charge is 0.454 e. The van der Waals surface area contributed by atoms with Crippen molar-refractivity contribution in [2.75, 3.05) is 11.5 Å². The van der Waals surface area contributed by atoms with E-state index in [2.05, 4.69) is 12.2 Å². The summed E-state index contributed by atoms with van der Waals surface area (Å²) in [4.78, 5) is 52.8. The molecule has 2 saturated carbocycles. The Morgan fingerprint density at radius 1 is 0.909 bits per heavy atom. The van der Waals surface area contributed by atoms with Gasteiger partial charge in [-0.2, -0.15) is 0 Å². The predicted octanol–water partition coefficient (Wildman–Crippen LogP) is 3.59. The minimum absolute atomic E-state index is 0.146. The number of carbonyl (C=O) groups excluding carboxylic acids is 4. The van der Waals surface area contributed by atoms with Gasteiger partial charge >= 0.3 is 5.97 Å². The maximum absolute atomic E-state index is 13.3. The van der Waals surface area contributed by atoms with Gasteiger partial charge in [-0.05, 0) is 55.2 Å². The highest BCUT2D eigenvalue weighted by Crippen LogP contribution is 2.65. The van der Waals surface area contributed by atoms with Gasteiger partial charge in [-0.25, -0.2) is 9.69 Å². The van der Waals surface area contributed by atoms with Crippen LogP contribution in [-0.2, 0) is 14.3 Å². The van der Waals surface area contributed by atoms with Gasteiger partial charge in [-0.3, -0.25) is 14.4 Å². The third-order valence-corrected chi connectivity index (χ3v) is 7.71. The van der Waals surface area contributed by atoms with E-state index in [-0.39, 0.29) is 53.4 Å². The Balaban J connectivity index is 1.18. The van der Waals surface area contributed by atoms with Crippen LogP contribution in [0, 0.1) is 42.4 Å². The molecule has 0 aromatic heterocycles. The average Bonchev–Trinajstić information content (AvgIpc) is 3.61. The summed E-state index contributed by atoms with van der Waals surface area (Å²) in [7, 11) is 0. The minimum atomic E-state index is -0.670. The molecule has 0 N–H and O–H groups in total. The number of amides is 2. The van der Waals surface area contributed by atoms with Gasteiger partial charge in [0.2, 0.25) is 11.8 Å². The summed E-state index contributed by atoms with van der Waals surface area (Å²) in [5.41, 5.74) is 2.08. The zero-order chi connectivity index (χ0) is 22.9. The number of allylic oxidation sites excluding steroid dienone is 2. The zero-order valence-electron chi connectivity index (χ0n) is 18.1. The highest BCUT2D eigenvalue weighted by molar-refractivity contribution is 6.23. The molecular weight excluding hydrogens is 418 g/mol. The van der Waals surface area contributed by atoms with Gasteiger partial charge in [-0.1, -0.05) is 48.0 Å². The maximum Gasteiger partial charge on any atom is 0.338 e. The minimum Gasteiger partial charge on any atom is -0.454 e. The topological polar surface area (TPSA) is 80.8 Å². The van der Waals surface area contributed by atoms with E-state index in [4.69, 9.17) is 4.74 Å². The second-order valence-corrected chi connectivity index (χ2v) is 9.58. The van der Waals surface area contributed by atoms with Gasteiger partial charge in [0.05, 0.1) is 23.1 Å². The van der Waals surface area contributed by atoms with Crippen LogP contribution in [-0.4, -0.2) is 30.2 Å². The van der Waals surface area contributed by atoms with Crippen LogP contribution in [0.1, 0.15) is 32.7 Å². The third-order valence-electron chi connectivity index (χ3n) is 7.71. The Bertz CT molecular complexity index is 1190. The summed E-state index contributed by atoms with van der Waals surface area (Å²) in [6.45, 7) is 1.55. The maximum atomic E-state index is 13.3. The smallest absolute Gasteiger partial charge is 0.338 e. The van der Waals surface area contributed by atoms with Crippen molar-refractivity contribution in [2.24, 2.45) is 35.5 Å². The quantitative estimate of drug-likeness (QED) is 0.307. The first kappa shape index (κ1) is 20.1. The second kappa shape index (κ2) is 7.24. The number of anilines is 1. The number of carbonyl (C=O) groups is 4. The van der Waals surface area contributed by atoms with Crippen LogP contribution in [0.5, 0.6) is 0 Å². The standard InChI is InChI=1S/C27H23NO5/c1-14-5-7-15(8-6-14)22(29)13-33-27(32)16-3-2-4-17(11-16)28-25(30)23-18-9-10-19(21-12-20(18)21)24(23)26(28)31/h2-11,18-21,23-24H,12-13H2,1H3/t18-,19-,20-,21-,23-,24+/m0/s1. The Morgan fingerprint density at radius 2 is 1.55 bits per heavy atom. The molecule has 2 aromatic carbocycles. The number of Topliss-reactive ketones (excluding diaryl/α,β-unsaturated/α-hetero) is 1. The molecule has 3 fully saturated rings. The molecule has 1 heterocycles. The Kier molecular flexibility index (Phi) is 4.41. The average molecular weight is 441 g/mol. The molecule has 166 valence electrons. The number of ketones is 1. The summed E-state index contributed by atoms with van der Waals surface area (Å²) < 4.78 is 5.22. The van der Waals surface area contributed by atoms with Crippen molar-refractivity contribution in [1.82, 2.24) is 0 Å². The summed E-state index contributed by atoms with van der Waals surface area (Å²) in [6, 6.07) is 13.4. The van der Waals surface area contributed by atoms with E-state index in [1.54, 1.807) is 30.3 Å². The highest BCUT2D eigenvalue weighted by atomic mass is 16.5. The monoisotopic (exact) mass is 441 g/mol. The summed E-state index contributed by atoms with van der Waals surface area (Å²) in [6.07, 6.45) is 5.37. The number of benzene rings is 2. The molecule has 7 rings (SSSR count). The van der Waals surface area contributed by atoms with Crippen LogP contribution in [0.3, 0.4) is 0 Å². The number of rotatable bonds is 5. The van der Waals surface area contributed by atoms with Crippen LogP contribution in [0.4, 0.5) is 5.69 Å². The van der Waals surface area contributed by atoms with Gasteiger partial charge in [0.25, 0.3) is 0 Å². The van der Waals surface area contributed by atoms with Crippen LogP contribution in [0.25, 0.3) is 0 Å². The number of ether oxygens (including phenoxy) is 1. The van der Waals surface area contributed by atoms with E-state index in [9.17, 15) is 19.2 Å². The van der Waals surface area contributed by atoms with E-state index in [0.29, 0.717) is 23.1 Å². The molecule has 5 aliphatic rings. The van der Waals surface area contributed by atoms with E-state index >= 15 is 0 Å². The van der Waals surface area contributed by atoms with Crippen molar-refractivity contribution in [2.45, 2.75) is 13.3 Å². The lowest BCUT2D eigenvalue weighted by molar-refractivity contribution is -0.124. The zero-order valence-corrected chi connectivity index (χ0v) is 18.1. The van der Waals surface area contributed by atoms with Gasteiger partial charge in [-0.15, -0.1) is 0 Å². The number of esters is 1. The van der Waals surface area contributed by atoms with Crippen LogP contribution in [0.15, 0.2) is 60.7 Å². The Labute approximate surface area is 191 Å². The molecule has 0 spiro atoms. The molecule has 0 radical (unpaired) electrons. The number of hydrogen-bond donors (Lipinski definition) is 0. The van der Waals surface area contributed by atoms with Crippen LogP contribution in [0.2, 0.25) is 0 Å². The normalized spacial score (nSPS) is 30.8. The fourth-order valence-electron chi connectivity index (χ4n) is 6.02. The molecule has 2 amide bonds. The number of aryl methyl sites for hydroxylation is 1. The van der Waals surface area contributed by atoms with Crippen molar-refractivity contribution >= 4 is 29.3 Å². The lowest BCUT2D eigenvalue weighted by Gasteiger charge is -2.37. The second-order valence-electron chi connectivity index (χ2n) is 9.58. The molecule has 6 nitrogen and oxygen atoms in total. The lowest BCUT2D eigenvalue weighted by atomic mass is 9.63. The lowest BCUT2D eigenvalue weighted by Crippen LogP contribution is -2.40. The third kappa shape index (κ3) is 3.08. The van der Waals surface area contributed by atoms with Crippen molar-refractivity contribution in [3.63, 3.8) is 0 Å². The first-order valence-corrected chi connectivity index (χ1v) is 11.4. The predicted molar refractivity (Wildman–Crippen MR) is 119 cm³/mol. The van der Waals surface area contributed by atoms with Crippen molar-refractivity contribution in [3.8, 4) is 0 Å². The molecule has 2 aromatic rings. The molecule has 1 aliphatic heterocycles. The highest BCUT2D eigenvalue weighted by Gasteiger charge is 2.67. The van der Waals surface area contributed by atoms with E-state index in [1.165, 1.54) is 11.0 Å². The number of hydrogen-bond acceptors (Lipinski definition) is 5. The van der Waals surface area contributed by atoms with Crippen molar-refractivity contribution in [1.29, 1.82) is 0 Å². The van der Waals surface area contributed by atoms with Gasteiger partial charge in [0.1, 0.15) is 0 Å². The van der Waals surface area contributed by atoms with E-state index in [1.807, 2.05) is 19.1 Å².